The lowest BCUT2D eigenvalue weighted by Crippen LogP contribution is -2.25. The molecule has 0 saturated carbocycles. The van der Waals surface area contributed by atoms with E-state index in [1.807, 2.05) is 6.07 Å². The third kappa shape index (κ3) is 4.52. The first-order valence-electron chi connectivity index (χ1n) is 10.2. The number of hydrogen-bond acceptors (Lipinski definition) is 7. The molecule has 32 heavy (non-hydrogen) atoms. The van der Waals surface area contributed by atoms with E-state index in [4.69, 9.17) is 4.74 Å². The molecule has 9 heteroatoms. The third-order valence-corrected chi connectivity index (χ3v) is 6.40. The van der Waals surface area contributed by atoms with E-state index in [2.05, 4.69) is 10.4 Å². The Kier molecular flexibility index (Phi) is 6.27. The van der Waals surface area contributed by atoms with Gasteiger partial charge < -0.3 is 10.1 Å². The highest BCUT2D eigenvalue weighted by molar-refractivity contribution is 7.17. The first kappa shape index (κ1) is 21.6. The van der Waals surface area contributed by atoms with E-state index >= 15 is 0 Å². The predicted molar refractivity (Wildman–Crippen MR) is 119 cm³/mol. The number of hydrogen-bond donors (Lipinski definition) is 1. The van der Waals surface area contributed by atoms with Crippen molar-refractivity contribution in [3.05, 3.63) is 80.1 Å². The molecule has 164 valence electrons. The van der Waals surface area contributed by atoms with E-state index in [-0.39, 0.29) is 17.0 Å². The quantitative estimate of drug-likeness (QED) is 0.456. The lowest BCUT2D eigenvalue weighted by Gasteiger charge is -2.12. The molecule has 1 aliphatic carbocycles. The van der Waals surface area contributed by atoms with Gasteiger partial charge in [0, 0.05) is 23.6 Å². The summed E-state index contributed by atoms with van der Waals surface area (Å²) in [6, 6.07) is 11.4. The second-order valence-corrected chi connectivity index (χ2v) is 8.52. The number of fused-ring (bicyclic) bond motifs is 1. The molecule has 1 amide bonds. The maximum Gasteiger partial charge on any atom is 0.359 e. The van der Waals surface area contributed by atoms with Gasteiger partial charge in [-0.25, -0.2) is 9.48 Å². The third-order valence-electron chi connectivity index (χ3n) is 5.19. The van der Waals surface area contributed by atoms with Crippen molar-refractivity contribution in [1.82, 2.24) is 9.78 Å². The van der Waals surface area contributed by atoms with Gasteiger partial charge in [-0.1, -0.05) is 30.3 Å². The Morgan fingerprint density at radius 2 is 1.84 bits per heavy atom. The number of anilines is 1. The summed E-state index contributed by atoms with van der Waals surface area (Å²) in [6.45, 7) is -0.537. The van der Waals surface area contributed by atoms with E-state index < -0.39 is 18.5 Å². The molecule has 0 atom stereocenters. The summed E-state index contributed by atoms with van der Waals surface area (Å²) in [5.74, 6) is -1.50. The normalized spacial score (nSPS) is 12.7. The van der Waals surface area contributed by atoms with Crippen molar-refractivity contribution >= 4 is 34.0 Å². The number of thiophene rings is 1. The molecule has 0 saturated heterocycles. The average molecular weight is 452 g/mol. The van der Waals surface area contributed by atoms with Crippen LogP contribution >= 0.6 is 11.3 Å². The number of nitrogens with zero attached hydrogens (tertiary/aromatic N) is 2. The van der Waals surface area contributed by atoms with Crippen LogP contribution < -0.4 is 10.9 Å². The molecule has 1 aromatic carbocycles. The molecule has 0 aliphatic heterocycles. The monoisotopic (exact) mass is 451 g/mol. The maximum atomic E-state index is 13.2. The van der Waals surface area contributed by atoms with E-state index in [9.17, 15) is 19.2 Å². The fourth-order valence-electron chi connectivity index (χ4n) is 3.61. The highest BCUT2D eigenvalue weighted by Crippen LogP contribution is 2.39. The molecule has 1 N–H and O–H groups in total. The molecular weight excluding hydrogens is 430 g/mol. The van der Waals surface area contributed by atoms with Crippen molar-refractivity contribution in [3.8, 4) is 0 Å². The van der Waals surface area contributed by atoms with E-state index in [0.29, 0.717) is 16.1 Å². The van der Waals surface area contributed by atoms with Crippen molar-refractivity contribution in [1.29, 1.82) is 0 Å². The molecule has 0 radical (unpaired) electrons. The first-order chi connectivity index (χ1) is 15.4. The Morgan fingerprint density at radius 3 is 2.59 bits per heavy atom. The lowest BCUT2D eigenvalue weighted by atomic mass is 9.92. The molecule has 2 heterocycles. The Hall–Kier alpha value is -3.59. The molecule has 4 rings (SSSR count). The second-order valence-electron chi connectivity index (χ2n) is 7.41. The molecular formula is C23H21N3O5S. The molecule has 8 nitrogen and oxygen atoms in total. The summed E-state index contributed by atoms with van der Waals surface area (Å²) in [6.07, 6.45) is 3.71. The van der Waals surface area contributed by atoms with Crippen molar-refractivity contribution < 1.29 is 19.1 Å². The van der Waals surface area contributed by atoms with Gasteiger partial charge in [-0.15, -0.1) is 11.3 Å². The van der Waals surface area contributed by atoms with Crippen LogP contribution in [0.3, 0.4) is 0 Å². The van der Waals surface area contributed by atoms with Crippen LogP contribution in [0.4, 0.5) is 5.00 Å². The topological polar surface area (TPSA) is 107 Å². The van der Waals surface area contributed by atoms with Crippen molar-refractivity contribution in [3.63, 3.8) is 0 Å². The Morgan fingerprint density at radius 1 is 1.09 bits per heavy atom. The van der Waals surface area contributed by atoms with Gasteiger partial charge in [0.05, 0.1) is 5.56 Å². The number of aromatic nitrogens is 2. The summed E-state index contributed by atoms with van der Waals surface area (Å²) in [7, 11) is 1.41. The number of carbonyl (C=O) groups is 3. The number of ketones is 1. The number of benzene rings is 1. The summed E-state index contributed by atoms with van der Waals surface area (Å²) in [5, 5.41) is 7.04. The molecule has 3 aromatic rings. The fourth-order valence-corrected chi connectivity index (χ4v) is 4.91. The number of carbonyl (C=O) groups excluding carboxylic acids is 3. The van der Waals surface area contributed by atoms with E-state index in [0.717, 1.165) is 40.8 Å². The lowest BCUT2D eigenvalue weighted by molar-refractivity contribution is -0.119. The van der Waals surface area contributed by atoms with Gasteiger partial charge >= 0.3 is 5.97 Å². The summed E-state index contributed by atoms with van der Waals surface area (Å²) >= 11 is 1.40. The minimum absolute atomic E-state index is 0.0774. The van der Waals surface area contributed by atoms with E-state index in [1.165, 1.54) is 30.5 Å². The van der Waals surface area contributed by atoms with Gasteiger partial charge in [0.15, 0.2) is 18.1 Å². The van der Waals surface area contributed by atoms with Gasteiger partial charge in [0.25, 0.3) is 11.5 Å². The Balaban J connectivity index is 1.51. The minimum atomic E-state index is -0.818. The van der Waals surface area contributed by atoms with Crippen LogP contribution in [0.1, 0.15) is 49.7 Å². The molecule has 0 bridgehead atoms. The zero-order valence-electron chi connectivity index (χ0n) is 17.4. The van der Waals surface area contributed by atoms with Crippen molar-refractivity contribution in [2.45, 2.75) is 25.7 Å². The molecule has 0 fully saturated rings. The number of esters is 1. The highest BCUT2D eigenvalue weighted by Gasteiger charge is 2.27. The van der Waals surface area contributed by atoms with Crippen LogP contribution in [0.5, 0.6) is 0 Å². The fraction of sp³-hybridized carbons (Fsp3) is 0.261. The Labute approximate surface area is 187 Å². The Bertz CT molecular complexity index is 1250. The molecule has 0 unspecified atom stereocenters. The number of ether oxygens (including phenoxy) is 1. The number of rotatable bonds is 6. The zero-order chi connectivity index (χ0) is 22.7. The zero-order valence-corrected chi connectivity index (χ0v) is 18.2. The van der Waals surface area contributed by atoms with Crippen LogP contribution in [-0.4, -0.2) is 34.0 Å². The number of amides is 1. The van der Waals surface area contributed by atoms with Gasteiger partial charge in [0.1, 0.15) is 5.00 Å². The van der Waals surface area contributed by atoms with Crippen LogP contribution in [-0.2, 0) is 29.4 Å². The van der Waals surface area contributed by atoms with Gasteiger partial charge in [-0.2, -0.15) is 5.10 Å². The van der Waals surface area contributed by atoms with Crippen molar-refractivity contribution in [2.75, 3.05) is 11.9 Å². The number of aryl methyl sites for hydroxylation is 2. The molecule has 1 aliphatic rings. The minimum Gasteiger partial charge on any atom is -0.451 e. The predicted octanol–water partition coefficient (Wildman–Crippen LogP) is 2.75. The standard InChI is InChI=1S/C23H21N3O5S/c1-26-19(28)12-11-16(25-26)23(30)31-13-18(27)24-22-20(15-9-5-6-10-17(15)32-22)21(29)14-7-3-2-4-8-14/h2-4,7-8,11-12H,5-6,9-10,13H2,1H3,(H,24,27). The van der Waals surface area contributed by atoms with Crippen LogP contribution in [0.25, 0.3) is 0 Å². The summed E-state index contributed by atoms with van der Waals surface area (Å²) < 4.78 is 6.04. The molecule has 0 spiro atoms. The van der Waals surface area contributed by atoms with Crippen LogP contribution in [0, 0.1) is 0 Å². The second kappa shape index (κ2) is 9.27. The van der Waals surface area contributed by atoms with E-state index in [1.54, 1.807) is 24.3 Å². The smallest absolute Gasteiger partial charge is 0.359 e. The van der Waals surface area contributed by atoms with Crippen LogP contribution in [0.15, 0.2) is 47.3 Å². The first-order valence-corrected chi connectivity index (χ1v) is 11.0. The van der Waals surface area contributed by atoms with Crippen LogP contribution in [0.2, 0.25) is 0 Å². The summed E-state index contributed by atoms with van der Waals surface area (Å²) in [5.41, 5.74) is 1.64. The molecule has 2 aromatic heterocycles. The summed E-state index contributed by atoms with van der Waals surface area (Å²) in [4.78, 5) is 50.4. The maximum absolute atomic E-state index is 13.2. The van der Waals surface area contributed by atoms with Crippen molar-refractivity contribution in [2.24, 2.45) is 7.05 Å². The average Bonchev–Trinajstić information content (AvgIpc) is 3.17. The SMILES string of the molecule is Cn1nc(C(=O)OCC(=O)Nc2sc3c(c2C(=O)c2ccccc2)CCCC3)ccc1=O. The highest BCUT2D eigenvalue weighted by atomic mass is 32.1. The van der Waals surface area contributed by atoms with Gasteiger partial charge in [-0.3, -0.25) is 14.4 Å². The number of nitrogens with one attached hydrogen (secondary N) is 1. The van der Waals surface area contributed by atoms with Gasteiger partial charge in [-0.05, 0) is 37.3 Å². The largest absolute Gasteiger partial charge is 0.451 e. The van der Waals surface area contributed by atoms with Gasteiger partial charge in [0.2, 0.25) is 0 Å².